The SMILES string of the molecule is N#CCOc1ccc(CN[C@H](CO)c2ccccc2)cc1. The molecule has 0 fully saturated rings. The molecule has 0 aromatic heterocycles. The summed E-state index contributed by atoms with van der Waals surface area (Å²) in [5.41, 5.74) is 2.16. The van der Waals surface area contributed by atoms with Crippen LogP contribution >= 0.6 is 0 Å². The second-order valence-corrected chi connectivity index (χ2v) is 4.62. The Morgan fingerprint density at radius 2 is 1.81 bits per heavy atom. The van der Waals surface area contributed by atoms with Gasteiger partial charge in [0.1, 0.15) is 11.8 Å². The van der Waals surface area contributed by atoms with Gasteiger partial charge < -0.3 is 15.2 Å². The zero-order chi connectivity index (χ0) is 14.9. The predicted octanol–water partition coefficient (Wildman–Crippen LogP) is 2.41. The van der Waals surface area contributed by atoms with Crippen molar-refractivity contribution >= 4 is 0 Å². The van der Waals surface area contributed by atoms with E-state index in [1.54, 1.807) is 0 Å². The molecule has 0 amide bonds. The Hall–Kier alpha value is -2.35. The smallest absolute Gasteiger partial charge is 0.174 e. The van der Waals surface area contributed by atoms with E-state index in [4.69, 9.17) is 10.00 Å². The molecule has 0 spiro atoms. The molecular formula is C17H18N2O2. The van der Waals surface area contributed by atoms with E-state index in [2.05, 4.69) is 5.32 Å². The van der Waals surface area contributed by atoms with Crippen molar-refractivity contribution in [3.8, 4) is 11.8 Å². The average molecular weight is 282 g/mol. The van der Waals surface area contributed by atoms with Crippen molar-refractivity contribution in [1.29, 1.82) is 5.26 Å². The van der Waals surface area contributed by atoms with Crippen molar-refractivity contribution in [3.63, 3.8) is 0 Å². The quantitative estimate of drug-likeness (QED) is 0.818. The molecule has 2 aromatic rings. The number of aliphatic hydroxyl groups excluding tert-OH is 1. The van der Waals surface area contributed by atoms with Gasteiger partial charge in [-0.3, -0.25) is 0 Å². The number of benzene rings is 2. The Morgan fingerprint density at radius 1 is 1.10 bits per heavy atom. The van der Waals surface area contributed by atoms with Gasteiger partial charge in [-0.1, -0.05) is 42.5 Å². The van der Waals surface area contributed by atoms with Crippen LogP contribution in [0.4, 0.5) is 0 Å². The molecule has 0 bridgehead atoms. The van der Waals surface area contributed by atoms with Crippen LogP contribution < -0.4 is 10.1 Å². The Kier molecular flexibility index (Phi) is 5.77. The third kappa shape index (κ3) is 4.60. The topological polar surface area (TPSA) is 65.3 Å². The molecule has 2 N–H and O–H groups in total. The molecule has 2 aromatic carbocycles. The summed E-state index contributed by atoms with van der Waals surface area (Å²) in [6, 6.07) is 19.3. The maximum atomic E-state index is 9.49. The Morgan fingerprint density at radius 3 is 2.43 bits per heavy atom. The summed E-state index contributed by atoms with van der Waals surface area (Å²) in [6.07, 6.45) is 0. The highest BCUT2D eigenvalue weighted by Gasteiger charge is 2.08. The van der Waals surface area contributed by atoms with Gasteiger partial charge in [0.05, 0.1) is 12.6 Å². The highest BCUT2D eigenvalue weighted by atomic mass is 16.5. The van der Waals surface area contributed by atoms with Crippen LogP contribution in [0.3, 0.4) is 0 Å². The lowest BCUT2D eigenvalue weighted by molar-refractivity contribution is 0.243. The largest absolute Gasteiger partial charge is 0.479 e. The maximum absolute atomic E-state index is 9.49. The first-order valence-electron chi connectivity index (χ1n) is 6.81. The third-order valence-corrected chi connectivity index (χ3v) is 3.16. The standard InChI is InChI=1S/C17H18N2O2/c18-10-11-21-16-8-6-14(7-9-16)12-19-17(13-20)15-4-2-1-3-5-15/h1-9,17,19-20H,11-13H2/t17-/m1/s1. The van der Waals surface area contributed by atoms with Crippen molar-refractivity contribution in [2.75, 3.05) is 13.2 Å². The molecule has 1 atom stereocenters. The molecule has 0 radical (unpaired) electrons. The van der Waals surface area contributed by atoms with E-state index in [9.17, 15) is 5.11 Å². The van der Waals surface area contributed by atoms with Gasteiger partial charge in [-0.05, 0) is 23.3 Å². The van der Waals surface area contributed by atoms with E-state index in [0.717, 1.165) is 11.1 Å². The highest BCUT2D eigenvalue weighted by Crippen LogP contribution is 2.15. The average Bonchev–Trinajstić information content (AvgIpc) is 2.55. The number of ether oxygens (including phenoxy) is 1. The summed E-state index contributed by atoms with van der Waals surface area (Å²) in [5.74, 6) is 0.682. The number of hydrogen-bond donors (Lipinski definition) is 2. The van der Waals surface area contributed by atoms with Gasteiger partial charge in [0.2, 0.25) is 0 Å². The fraction of sp³-hybridized carbons (Fsp3) is 0.235. The van der Waals surface area contributed by atoms with Crippen LogP contribution in [0, 0.1) is 11.3 Å². The minimum Gasteiger partial charge on any atom is -0.479 e. The molecular weight excluding hydrogens is 264 g/mol. The normalized spacial score (nSPS) is 11.6. The van der Waals surface area contributed by atoms with Gasteiger partial charge in [0.25, 0.3) is 0 Å². The molecule has 0 saturated heterocycles. The monoisotopic (exact) mass is 282 g/mol. The molecule has 0 aliphatic carbocycles. The minimum atomic E-state index is -0.0827. The molecule has 4 nitrogen and oxygen atoms in total. The lowest BCUT2D eigenvalue weighted by atomic mass is 10.1. The Bertz CT molecular complexity index is 576. The van der Waals surface area contributed by atoms with Crippen molar-refractivity contribution in [2.45, 2.75) is 12.6 Å². The van der Waals surface area contributed by atoms with Crippen molar-refractivity contribution < 1.29 is 9.84 Å². The molecule has 2 rings (SSSR count). The second kappa shape index (κ2) is 8.05. The Balaban J connectivity index is 1.91. The summed E-state index contributed by atoms with van der Waals surface area (Å²) in [7, 11) is 0. The number of nitriles is 1. The van der Waals surface area contributed by atoms with E-state index in [0.29, 0.717) is 12.3 Å². The van der Waals surface area contributed by atoms with Crippen LogP contribution in [0.25, 0.3) is 0 Å². The fourth-order valence-electron chi connectivity index (χ4n) is 2.03. The molecule has 0 aliphatic heterocycles. The number of nitrogens with zero attached hydrogens (tertiary/aromatic N) is 1. The van der Waals surface area contributed by atoms with Gasteiger partial charge in [-0.15, -0.1) is 0 Å². The highest BCUT2D eigenvalue weighted by molar-refractivity contribution is 5.28. The van der Waals surface area contributed by atoms with Crippen LogP contribution in [0.1, 0.15) is 17.2 Å². The van der Waals surface area contributed by atoms with E-state index < -0.39 is 0 Å². The summed E-state index contributed by atoms with van der Waals surface area (Å²) in [6.45, 7) is 0.754. The number of aliphatic hydroxyl groups is 1. The molecule has 4 heteroatoms. The van der Waals surface area contributed by atoms with Crippen LogP contribution in [-0.4, -0.2) is 18.3 Å². The van der Waals surface area contributed by atoms with Crippen LogP contribution in [0.2, 0.25) is 0 Å². The molecule has 0 aliphatic rings. The van der Waals surface area contributed by atoms with E-state index in [1.165, 1.54) is 0 Å². The van der Waals surface area contributed by atoms with Gasteiger partial charge >= 0.3 is 0 Å². The first-order valence-corrected chi connectivity index (χ1v) is 6.81. The molecule has 0 unspecified atom stereocenters. The van der Waals surface area contributed by atoms with E-state index >= 15 is 0 Å². The predicted molar refractivity (Wildman–Crippen MR) is 80.7 cm³/mol. The number of nitrogens with one attached hydrogen (secondary N) is 1. The van der Waals surface area contributed by atoms with Gasteiger partial charge in [0, 0.05) is 6.54 Å². The summed E-state index contributed by atoms with van der Waals surface area (Å²) in [5, 5.41) is 21.3. The van der Waals surface area contributed by atoms with Crippen LogP contribution in [-0.2, 0) is 6.54 Å². The third-order valence-electron chi connectivity index (χ3n) is 3.16. The lowest BCUT2D eigenvalue weighted by Crippen LogP contribution is -2.23. The van der Waals surface area contributed by atoms with Gasteiger partial charge in [0.15, 0.2) is 6.61 Å². The summed E-state index contributed by atoms with van der Waals surface area (Å²) >= 11 is 0. The van der Waals surface area contributed by atoms with Gasteiger partial charge in [-0.25, -0.2) is 0 Å². The zero-order valence-electron chi connectivity index (χ0n) is 11.7. The molecule has 108 valence electrons. The first kappa shape index (κ1) is 15.0. The fourth-order valence-corrected chi connectivity index (χ4v) is 2.03. The molecule has 21 heavy (non-hydrogen) atoms. The summed E-state index contributed by atoms with van der Waals surface area (Å²) < 4.78 is 5.20. The minimum absolute atomic E-state index is 0.0490. The zero-order valence-corrected chi connectivity index (χ0v) is 11.7. The van der Waals surface area contributed by atoms with Gasteiger partial charge in [-0.2, -0.15) is 5.26 Å². The van der Waals surface area contributed by atoms with Crippen molar-refractivity contribution in [3.05, 3.63) is 65.7 Å². The maximum Gasteiger partial charge on any atom is 0.174 e. The Labute approximate surface area is 124 Å². The van der Waals surface area contributed by atoms with E-state index in [-0.39, 0.29) is 19.3 Å². The molecule has 0 saturated carbocycles. The number of hydrogen-bond acceptors (Lipinski definition) is 4. The lowest BCUT2D eigenvalue weighted by Gasteiger charge is -2.16. The first-order chi connectivity index (χ1) is 10.3. The second-order valence-electron chi connectivity index (χ2n) is 4.62. The summed E-state index contributed by atoms with van der Waals surface area (Å²) in [4.78, 5) is 0. The van der Waals surface area contributed by atoms with Crippen LogP contribution in [0.5, 0.6) is 5.75 Å². The van der Waals surface area contributed by atoms with E-state index in [1.807, 2.05) is 60.7 Å². The van der Waals surface area contributed by atoms with Crippen molar-refractivity contribution in [2.24, 2.45) is 0 Å². The molecule has 0 heterocycles. The van der Waals surface area contributed by atoms with Crippen molar-refractivity contribution in [1.82, 2.24) is 5.32 Å². The number of rotatable bonds is 7. The van der Waals surface area contributed by atoms with Crippen LogP contribution in [0.15, 0.2) is 54.6 Å².